The van der Waals surface area contributed by atoms with Crippen LogP contribution >= 0.6 is 24.0 Å². The van der Waals surface area contributed by atoms with E-state index in [1.807, 2.05) is 6.08 Å². The van der Waals surface area contributed by atoms with Crippen LogP contribution in [0.5, 0.6) is 0 Å². The van der Waals surface area contributed by atoms with Gasteiger partial charge in [0, 0.05) is 5.57 Å². The van der Waals surface area contributed by atoms with Crippen LogP contribution in [-0.4, -0.2) is 11.8 Å². The molecule has 2 nitrogen and oxygen atoms in total. The van der Waals surface area contributed by atoms with Crippen molar-refractivity contribution in [1.29, 1.82) is 5.41 Å². The molecular weight excluding hydrogens is 467 g/mol. The van der Waals surface area contributed by atoms with E-state index in [1.165, 1.54) is 11.1 Å². The normalized spacial score (nSPS) is 17.3. The predicted octanol–water partition coefficient (Wildman–Crippen LogP) is 6.73. The molecule has 0 fully saturated rings. The second-order valence-electron chi connectivity index (χ2n) is 9.75. The molecule has 0 saturated carbocycles. The van der Waals surface area contributed by atoms with E-state index in [0.717, 1.165) is 22.3 Å². The van der Waals surface area contributed by atoms with E-state index in [9.17, 15) is 0 Å². The zero-order valence-electron chi connectivity index (χ0n) is 18.3. The summed E-state index contributed by atoms with van der Waals surface area (Å²) in [5, 5.41) is 8.65. The lowest BCUT2D eigenvalue weighted by atomic mass is 9.82. The first-order chi connectivity index (χ1) is 13.0. The van der Waals surface area contributed by atoms with E-state index in [4.69, 9.17) is 11.1 Å². The molecule has 2 aromatic carbocycles. The highest BCUT2D eigenvalue weighted by Crippen LogP contribution is 2.31. The molecular formula is C26H33IN2. The molecule has 2 aromatic rings. The van der Waals surface area contributed by atoms with Crippen LogP contribution in [0.1, 0.15) is 63.8 Å². The van der Waals surface area contributed by atoms with Crippen molar-refractivity contribution in [3.8, 4) is 0 Å². The van der Waals surface area contributed by atoms with Gasteiger partial charge in [0.2, 0.25) is 0 Å². The lowest BCUT2D eigenvalue weighted by Gasteiger charge is -2.25. The van der Waals surface area contributed by atoms with Crippen LogP contribution in [0, 0.1) is 5.41 Å². The monoisotopic (exact) mass is 500 g/mol. The zero-order valence-corrected chi connectivity index (χ0v) is 20.7. The van der Waals surface area contributed by atoms with Crippen LogP contribution in [0.2, 0.25) is 0 Å². The van der Waals surface area contributed by atoms with Crippen molar-refractivity contribution in [2.75, 3.05) is 0 Å². The molecule has 1 unspecified atom stereocenters. The maximum Gasteiger partial charge on any atom is 0.0731 e. The third-order valence-electron chi connectivity index (χ3n) is 5.51. The van der Waals surface area contributed by atoms with E-state index in [-0.39, 0.29) is 34.8 Å². The Morgan fingerprint density at radius 3 is 1.52 bits per heavy atom. The number of benzene rings is 2. The van der Waals surface area contributed by atoms with E-state index in [2.05, 4.69) is 96.1 Å². The summed E-state index contributed by atoms with van der Waals surface area (Å²) in [4.78, 5) is 0. The molecule has 0 saturated heterocycles. The van der Waals surface area contributed by atoms with Crippen LogP contribution in [0.3, 0.4) is 0 Å². The summed E-state index contributed by atoms with van der Waals surface area (Å²) in [6.45, 7) is 13.3. The molecule has 1 aliphatic carbocycles. The molecule has 1 atom stereocenters. The fourth-order valence-corrected chi connectivity index (χ4v) is 3.53. The maximum atomic E-state index is 8.65. The Morgan fingerprint density at radius 2 is 1.10 bits per heavy atom. The number of hydrogen-bond acceptors (Lipinski definition) is 2. The largest absolute Gasteiger partial charge is 0.319 e. The highest BCUT2D eigenvalue weighted by Gasteiger charge is 2.24. The average Bonchev–Trinajstić information content (AvgIpc) is 2.63. The average molecular weight is 500 g/mol. The second kappa shape index (κ2) is 8.57. The van der Waals surface area contributed by atoms with Gasteiger partial charge in [0.05, 0.1) is 11.8 Å². The van der Waals surface area contributed by atoms with E-state index >= 15 is 0 Å². The van der Waals surface area contributed by atoms with Gasteiger partial charge in [0.1, 0.15) is 0 Å². The van der Waals surface area contributed by atoms with Crippen molar-refractivity contribution >= 4 is 40.8 Å². The SMILES string of the molecule is CC(C)(C)c1ccc(C2=CC=C(c3ccc(C(C)(C)C)cc3)C(N)C2=N)cc1.I. The molecule has 3 heteroatoms. The van der Waals surface area contributed by atoms with Crippen molar-refractivity contribution < 1.29 is 0 Å². The Labute approximate surface area is 192 Å². The standard InChI is InChI=1S/C26H32N2.HI/c1-25(2,3)19-11-7-17(8-12-19)21-15-16-22(24(28)23(21)27)18-9-13-20(14-10-18)26(4,5)6;/h7-16,23,28H,27H2,1-6H3;1H. The molecule has 154 valence electrons. The van der Waals surface area contributed by atoms with Gasteiger partial charge in [0.25, 0.3) is 0 Å². The summed E-state index contributed by atoms with van der Waals surface area (Å²) in [7, 11) is 0. The lowest BCUT2D eigenvalue weighted by molar-refractivity contribution is 0.590. The van der Waals surface area contributed by atoms with Crippen molar-refractivity contribution in [3.05, 3.63) is 82.9 Å². The van der Waals surface area contributed by atoms with E-state index in [0.29, 0.717) is 5.71 Å². The minimum absolute atomic E-state index is 0. The molecule has 0 bridgehead atoms. The number of hydrogen-bond donors (Lipinski definition) is 2. The van der Waals surface area contributed by atoms with Gasteiger partial charge >= 0.3 is 0 Å². The molecule has 3 N–H and O–H groups in total. The first kappa shape index (κ1) is 23.6. The van der Waals surface area contributed by atoms with Crippen LogP contribution in [0.4, 0.5) is 0 Å². The molecule has 0 radical (unpaired) electrons. The summed E-state index contributed by atoms with van der Waals surface area (Å²) in [6, 6.07) is 16.7. The van der Waals surface area contributed by atoms with Gasteiger partial charge in [-0.2, -0.15) is 0 Å². The Hall–Kier alpha value is -1.72. The van der Waals surface area contributed by atoms with Gasteiger partial charge in [-0.3, -0.25) is 0 Å². The fraction of sp³-hybridized carbons (Fsp3) is 0.346. The number of nitrogens with one attached hydrogen (secondary N) is 1. The number of allylic oxidation sites excluding steroid dienone is 2. The Bertz CT molecular complexity index is 934. The zero-order chi connectivity index (χ0) is 20.7. The molecule has 1 aliphatic rings. The number of nitrogens with two attached hydrogens (primary N) is 1. The minimum Gasteiger partial charge on any atom is -0.319 e. The van der Waals surface area contributed by atoms with Crippen molar-refractivity contribution in [3.63, 3.8) is 0 Å². The summed E-state index contributed by atoms with van der Waals surface area (Å²) in [5.74, 6) is 0. The minimum atomic E-state index is -0.414. The summed E-state index contributed by atoms with van der Waals surface area (Å²) in [6.07, 6.45) is 4.10. The third-order valence-corrected chi connectivity index (χ3v) is 5.51. The van der Waals surface area contributed by atoms with Gasteiger partial charge in [-0.05, 0) is 38.7 Å². The summed E-state index contributed by atoms with van der Waals surface area (Å²) < 4.78 is 0. The predicted molar refractivity (Wildman–Crippen MR) is 137 cm³/mol. The van der Waals surface area contributed by atoms with Crippen molar-refractivity contribution in [2.24, 2.45) is 5.73 Å². The summed E-state index contributed by atoms with van der Waals surface area (Å²) in [5.41, 5.74) is 13.8. The van der Waals surface area contributed by atoms with Gasteiger partial charge in [-0.1, -0.05) is 102 Å². The summed E-state index contributed by atoms with van der Waals surface area (Å²) >= 11 is 0. The molecule has 0 aliphatic heterocycles. The Balaban J connectivity index is 0.00000300. The van der Waals surface area contributed by atoms with Crippen LogP contribution in [0.25, 0.3) is 11.1 Å². The molecule has 0 heterocycles. The molecule has 0 aromatic heterocycles. The van der Waals surface area contributed by atoms with E-state index in [1.54, 1.807) is 0 Å². The van der Waals surface area contributed by atoms with E-state index < -0.39 is 6.04 Å². The molecule has 0 amide bonds. The molecule has 29 heavy (non-hydrogen) atoms. The highest BCUT2D eigenvalue weighted by atomic mass is 127. The van der Waals surface area contributed by atoms with Gasteiger partial charge in [-0.15, -0.1) is 24.0 Å². The smallest absolute Gasteiger partial charge is 0.0731 e. The molecule has 3 rings (SSSR count). The van der Waals surface area contributed by atoms with Crippen LogP contribution in [0.15, 0.2) is 60.7 Å². The highest BCUT2D eigenvalue weighted by molar-refractivity contribution is 14.0. The first-order valence-corrected chi connectivity index (χ1v) is 9.96. The third kappa shape index (κ3) is 5.07. The Morgan fingerprint density at radius 1 is 0.690 bits per heavy atom. The quantitative estimate of drug-likeness (QED) is 0.442. The van der Waals surface area contributed by atoms with Crippen molar-refractivity contribution in [1.82, 2.24) is 0 Å². The van der Waals surface area contributed by atoms with Crippen molar-refractivity contribution in [2.45, 2.75) is 58.4 Å². The Kier molecular flexibility index (Phi) is 6.96. The number of rotatable bonds is 2. The molecule has 0 spiro atoms. The van der Waals surface area contributed by atoms with Crippen LogP contribution in [-0.2, 0) is 10.8 Å². The maximum absolute atomic E-state index is 8.65. The lowest BCUT2D eigenvalue weighted by Crippen LogP contribution is -2.33. The topological polar surface area (TPSA) is 49.9 Å². The van der Waals surface area contributed by atoms with Gasteiger partial charge in [0.15, 0.2) is 0 Å². The van der Waals surface area contributed by atoms with Crippen LogP contribution < -0.4 is 5.73 Å². The first-order valence-electron chi connectivity index (χ1n) is 9.96. The van der Waals surface area contributed by atoms with Gasteiger partial charge < -0.3 is 11.1 Å². The van der Waals surface area contributed by atoms with Gasteiger partial charge in [-0.25, -0.2) is 0 Å². The second-order valence-corrected chi connectivity index (χ2v) is 9.75. The number of halogens is 1. The fourth-order valence-electron chi connectivity index (χ4n) is 3.53.